The number of benzene rings is 1. The predicted octanol–water partition coefficient (Wildman–Crippen LogP) is 4.86. The van der Waals surface area contributed by atoms with E-state index in [1.807, 2.05) is 12.3 Å². The summed E-state index contributed by atoms with van der Waals surface area (Å²) >= 11 is 0. The van der Waals surface area contributed by atoms with Crippen molar-refractivity contribution in [3.8, 4) is 0 Å². The van der Waals surface area contributed by atoms with Gasteiger partial charge in [0.05, 0.1) is 0 Å². The molecule has 2 nitrogen and oxygen atoms in total. The molecule has 0 aliphatic rings. The highest BCUT2D eigenvalue weighted by Gasteiger charge is 2.33. The van der Waals surface area contributed by atoms with Gasteiger partial charge in [-0.3, -0.25) is 4.99 Å². The molecule has 21 heavy (non-hydrogen) atoms. The van der Waals surface area contributed by atoms with Gasteiger partial charge in [0.1, 0.15) is 16.5 Å². The van der Waals surface area contributed by atoms with Gasteiger partial charge in [-0.15, -0.1) is 0 Å². The highest BCUT2D eigenvalue weighted by molar-refractivity contribution is 6.89. The van der Waals surface area contributed by atoms with Crippen LogP contribution in [0, 0.1) is 0 Å². The Labute approximate surface area is 133 Å². The number of hydrogen-bond donors (Lipinski definition) is 0. The first kappa shape index (κ1) is 18.3. The van der Waals surface area contributed by atoms with E-state index in [1.165, 1.54) is 24.9 Å². The Kier molecular flexibility index (Phi) is 7.04. The quantitative estimate of drug-likeness (QED) is 0.379. The summed E-state index contributed by atoms with van der Waals surface area (Å²) in [6.45, 7) is 17.0. The molecular weight excluding hydrogens is 288 g/mol. The molecular formula is C17H32N2Si2. The first-order chi connectivity index (χ1) is 9.71. The summed E-state index contributed by atoms with van der Waals surface area (Å²) in [5.41, 5.74) is 1.20. The molecule has 1 aromatic carbocycles. The molecule has 0 fully saturated rings. The van der Waals surface area contributed by atoms with Crippen molar-refractivity contribution in [2.45, 2.75) is 52.1 Å². The van der Waals surface area contributed by atoms with Gasteiger partial charge >= 0.3 is 0 Å². The summed E-state index contributed by atoms with van der Waals surface area (Å²) in [5, 5.41) is 0. The fourth-order valence-electron chi connectivity index (χ4n) is 2.86. The van der Waals surface area contributed by atoms with Gasteiger partial charge in [-0.2, -0.15) is 0 Å². The van der Waals surface area contributed by atoms with E-state index >= 15 is 0 Å². The minimum Gasteiger partial charge on any atom is -0.346 e. The monoisotopic (exact) mass is 320 g/mol. The van der Waals surface area contributed by atoms with E-state index < -0.39 is 16.5 Å². The number of nitrogens with zero attached hydrogens (tertiary/aromatic N) is 2. The largest absolute Gasteiger partial charge is 0.346 e. The van der Waals surface area contributed by atoms with Crippen LogP contribution >= 0.6 is 0 Å². The molecule has 0 aromatic heterocycles. The van der Waals surface area contributed by atoms with Gasteiger partial charge in [-0.25, -0.2) is 0 Å². The maximum absolute atomic E-state index is 4.54. The summed E-state index contributed by atoms with van der Waals surface area (Å²) < 4.78 is 2.86. The third kappa shape index (κ3) is 7.20. The lowest BCUT2D eigenvalue weighted by Crippen LogP contribution is -2.59. The molecule has 0 heterocycles. The molecule has 1 aromatic rings. The lowest BCUT2D eigenvalue weighted by Gasteiger charge is -2.43. The molecule has 0 spiro atoms. The summed E-state index contributed by atoms with van der Waals surface area (Å²) in [7, 11) is -2.37. The molecule has 4 heteroatoms. The normalized spacial score (nSPS) is 13.3. The summed E-state index contributed by atoms with van der Waals surface area (Å²) in [5.74, 6) is 0. The molecule has 0 aliphatic carbocycles. The molecule has 0 aliphatic heterocycles. The van der Waals surface area contributed by atoms with Gasteiger partial charge in [0.15, 0.2) is 0 Å². The predicted molar refractivity (Wildman–Crippen MR) is 102 cm³/mol. The van der Waals surface area contributed by atoms with Gasteiger partial charge in [0, 0.05) is 12.8 Å². The third-order valence-corrected chi connectivity index (χ3v) is 11.3. The van der Waals surface area contributed by atoms with Crippen LogP contribution < -0.4 is 0 Å². The van der Waals surface area contributed by atoms with E-state index in [-0.39, 0.29) is 0 Å². The van der Waals surface area contributed by atoms with Crippen molar-refractivity contribution in [1.29, 1.82) is 0 Å². The maximum atomic E-state index is 4.54. The SMILES string of the molecule is C[Si](C)(C)N(CCCCN=Cc1ccccc1)[Si](C)(C)C. The Morgan fingerprint density at radius 3 is 2.00 bits per heavy atom. The van der Waals surface area contributed by atoms with Gasteiger partial charge < -0.3 is 4.23 Å². The van der Waals surface area contributed by atoms with Crippen LogP contribution in [0.2, 0.25) is 39.3 Å². The van der Waals surface area contributed by atoms with Crippen LogP contribution in [0.25, 0.3) is 0 Å². The zero-order valence-electron chi connectivity index (χ0n) is 14.7. The zero-order valence-corrected chi connectivity index (χ0v) is 16.7. The van der Waals surface area contributed by atoms with Crippen LogP contribution in [-0.4, -0.2) is 40.0 Å². The van der Waals surface area contributed by atoms with Crippen LogP contribution in [0.4, 0.5) is 0 Å². The second kappa shape index (κ2) is 8.06. The Morgan fingerprint density at radius 2 is 1.48 bits per heavy atom. The molecule has 0 N–H and O–H groups in total. The molecule has 0 radical (unpaired) electrons. The van der Waals surface area contributed by atoms with E-state index in [0.717, 1.165) is 6.54 Å². The van der Waals surface area contributed by atoms with Crippen molar-refractivity contribution in [1.82, 2.24) is 4.23 Å². The first-order valence-electron chi connectivity index (χ1n) is 8.04. The fraction of sp³-hybridized carbons (Fsp3) is 0.588. The van der Waals surface area contributed by atoms with Gasteiger partial charge in [0.25, 0.3) is 0 Å². The van der Waals surface area contributed by atoms with E-state index in [0.29, 0.717) is 0 Å². The summed E-state index contributed by atoms with van der Waals surface area (Å²) in [6.07, 6.45) is 4.45. The Morgan fingerprint density at radius 1 is 0.905 bits per heavy atom. The van der Waals surface area contributed by atoms with Crippen molar-refractivity contribution in [2.75, 3.05) is 13.1 Å². The molecule has 0 saturated carbocycles. The van der Waals surface area contributed by atoms with E-state index in [1.54, 1.807) is 0 Å². The Hall–Kier alpha value is -0.716. The number of aliphatic imine (C=N–C) groups is 1. The lowest BCUT2D eigenvalue weighted by atomic mass is 10.2. The number of rotatable bonds is 8. The number of hydrogen-bond acceptors (Lipinski definition) is 2. The highest BCUT2D eigenvalue weighted by Crippen LogP contribution is 2.20. The van der Waals surface area contributed by atoms with Crippen molar-refractivity contribution >= 4 is 22.7 Å². The average molecular weight is 321 g/mol. The molecule has 0 amide bonds. The van der Waals surface area contributed by atoms with Crippen molar-refractivity contribution in [2.24, 2.45) is 4.99 Å². The van der Waals surface area contributed by atoms with Crippen molar-refractivity contribution in [3.05, 3.63) is 35.9 Å². The standard InChI is InChI=1S/C17H32N2Si2/c1-20(2,3)19(21(4,5)6)15-11-10-14-18-16-17-12-8-7-9-13-17/h7-9,12-13,16H,10-11,14-15H2,1-6H3. The highest BCUT2D eigenvalue weighted by atomic mass is 28.4. The van der Waals surface area contributed by atoms with Crippen LogP contribution in [0.3, 0.4) is 0 Å². The second-order valence-corrected chi connectivity index (χ2v) is 17.9. The topological polar surface area (TPSA) is 15.6 Å². The molecule has 0 saturated heterocycles. The molecule has 0 bridgehead atoms. The van der Waals surface area contributed by atoms with Crippen LogP contribution in [0.15, 0.2) is 35.3 Å². The molecule has 0 unspecified atom stereocenters. The van der Waals surface area contributed by atoms with E-state index in [4.69, 9.17) is 0 Å². The zero-order chi connectivity index (χ0) is 15.9. The molecule has 1 rings (SSSR count). The van der Waals surface area contributed by atoms with Gasteiger partial charge in [-0.1, -0.05) is 69.6 Å². The van der Waals surface area contributed by atoms with Gasteiger partial charge in [-0.05, 0) is 24.9 Å². The van der Waals surface area contributed by atoms with Crippen LogP contribution in [0.5, 0.6) is 0 Å². The number of unbranched alkanes of at least 4 members (excludes halogenated alkanes) is 1. The van der Waals surface area contributed by atoms with Crippen molar-refractivity contribution < 1.29 is 0 Å². The van der Waals surface area contributed by atoms with Crippen LogP contribution in [-0.2, 0) is 0 Å². The molecule has 118 valence electrons. The minimum absolute atomic E-state index is 0.945. The maximum Gasteiger partial charge on any atom is 0.112 e. The first-order valence-corrected chi connectivity index (χ1v) is 14.9. The lowest BCUT2D eigenvalue weighted by molar-refractivity contribution is 0.566. The second-order valence-electron chi connectivity index (χ2n) is 7.65. The Bertz CT molecular complexity index is 416. The van der Waals surface area contributed by atoms with E-state index in [2.05, 4.69) is 72.8 Å². The van der Waals surface area contributed by atoms with E-state index in [9.17, 15) is 0 Å². The average Bonchev–Trinajstić information content (AvgIpc) is 2.35. The minimum atomic E-state index is -1.19. The van der Waals surface area contributed by atoms with Crippen molar-refractivity contribution in [3.63, 3.8) is 0 Å². The molecule has 0 atom stereocenters. The summed E-state index contributed by atoms with van der Waals surface area (Å²) in [4.78, 5) is 4.54. The third-order valence-electron chi connectivity index (χ3n) is 3.58. The summed E-state index contributed by atoms with van der Waals surface area (Å²) in [6, 6.07) is 10.4. The Balaban J connectivity index is 2.34. The fourth-order valence-corrected chi connectivity index (χ4v) is 12.6. The smallest absolute Gasteiger partial charge is 0.112 e. The van der Waals surface area contributed by atoms with Crippen LogP contribution in [0.1, 0.15) is 18.4 Å². The van der Waals surface area contributed by atoms with Gasteiger partial charge in [0.2, 0.25) is 0 Å².